The van der Waals surface area contributed by atoms with Gasteiger partial charge in [0.1, 0.15) is 11.9 Å². The van der Waals surface area contributed by atoms with Crippen LogP contribution in [0.15, 0.2) is 35.3 Å². The van der Waals surface area contributed by atoms with Gasteiger partial charge in [0.15, 0.2) is 5.96 Å². The minimum Gasteiger partial charge on any atom is -0.490 e. The van der Waals surface area contributed by atoms with E-state index in [0.717, 1.165) is 56.6 Å². The van der Waals surface area contributed by atoms with Gasteiger partial charge in [-0.15, -0.1) is 24.0 Å². The molecule has 0 radical (unpaired) electrons. The summed E-state index contributed by atoms with van der Waals surface area (Å²) in [6, 6.07) is 10.2. The fourth-order valence-electron chi connectivity index (χ4n) is 3.76. The Labute approximate surface area is 181 Å². The molecule has 5 nitrogen and oxygen atoms in total. The quantitative estimate of drug-likeness (QED) is 0.393. The zero-order valence-corrected chi connectivity index (χ0v) is 19.1. The Kier molecular flexibility index (Phi) is 9.68. The molecule has 0 atom stereocenters. The Hall–Kier alpha value is -1.02. The average Bonchev–Trinajstić information content (AvgIpc) is 2.68. The molecule has 27 heavy (non-hydrogen) atoms. The maximum absolute atomic E-state index is 6.12. The smallest absolute Gasteiger partial charge is 0.193 e. The van der Waals surface area contributed by atoms with E-state index in [1.165, 1.54) is 25.9 Å². The molecule has 152 valence electrons. The number of piperidine rings is 2. The summed E-state index contributed by atoms with van der Waals surface area (Å²) in [6.07, 6.45) is 4.95. The molecule has 0 amide bonds. The third-order valence-electron chi connectivity index (χ3n) is 5.46. The van der Waals surface area contributed by atoms with E-state index in [0.29, 0.717) is 6.10 Å². The van der Waals surface area contributed by atoms with Crippen molar-refractivity contribution in [3.63, 3.8) is 0 Å². The molecule has 6 heteroatoms. The van der Waals surface area contributed by atoms with Crippen LogP contribution in [0, 0.1) is 5.92 Å². The summed E-state index contributed by atoms with van der Waals surface area (Å²) >= 11 is 0. The summed E-state index contributed by atoms with van der Waals surface area (Å²) in [5, 5.41) is 3.49. The highest BCUT2D eigenvalue weighted by Gasteiger charge is 2.23. The van der Waals surface area contributed by atoms with Crippen LogP contribution in [0.2, 0.25) is 0 Å². The second kappa shape index (κ2) is 11.7. The number of nitrogens with zero attached hydrogens (tertiary/aromatic N) is 3. The van der Waals surface area contributed by atoms with E-state index in [1.807, 2.05) is 30.3 Å². The molecule has 0 aromatic heterocycles. The molecule has 2 fully saturated rings. The Morgan fingerprint density at radius 2 is 1.74 bits per heavy atom. The molecular weight excluding hydrogens is 451 g/mol. The second-order valence-electron chi connectivity index (χ2n) is 7.56. The monoisotopic (exact) mass is 486 g/mol. The van der Waals surface area contributed by atoms with Crippen molar-refractivity contribution in [1.82, 2.24) is 15.1 Å². The van der Waals surface area contributed by atoms with E-state index in [9.17, 15) is 0 Å². The average molecular weight is 486 g/mol. The summed E-state index contributed by atoms with van der Waals surface area (Å²) in [5.74, 6) is 2.80. The molecule has 2 aliphatic rings. The van der Waals surface area contributed by atoms with Crippen LogP contribution in [-0.4, -0.2) is 68.2 Å². The lowest BCUT2D eigenvalue weighted by molar-refractivity contribution is 0.129. The number of hydrogen-bond acceptors (Lipinski definition) is 3. The number of hydrogen-bond donors (Lipinski definition) is 1. The molecule has 2 heterocycles. The Balaban J connectivity index is 0.00000261. The molecule has 1 N–H and O–H groups in total. The van der Waals surface area contributed by atoms with Gasteiger partial charge in [0.2, 0.25) is 0 Å². The Bertz CT molecular complexity index is 553. The van der Waals surface area contributed by atoms with Crippen LogP contribution in [0.25, 0.3) is 0 Å². The number of benzene rings is 1. The summed E-state index contributed by atoms with van der Waals surface area (Å²) in [7, 11) is 2.21. The van der Waals surface area contributed by atoms with Gasteiger partial charge in [0, 0.05) is 39.0 Å². The standard InChI is InChI=1S/C21H34N4O.HI/c1-3-22-21(23-17-18-9-13-24(2)14-10-18)25-15-11-20(12-16-25)26-19-7-5-4-6-8-19;/h4-8,18,20H,3,9-17H2,1-2H3,(H,22,23);1H. The number of nitrogens with one attached hydrogen (secondary N) is 1. The lowest BCUT2D eigenvalue weighted by Crippen LogP contribution is -2.47. The highest BCUT2D eigenvalue weighted by atomic mass is 127. The maximum Gasteiger partial charge on any atom is 0.193 e. The van der Waals surface area contributed by atoms with Crippen LogP contribution < -0.4 is 10.1 Å². The van der Waals surface area contributed by atoms with Gasteiger partial charge < -0.3 is 19.9 Å². The van der Waals surface area contributed by atoms with Crippen LogP contribution in [-0.2, 0) is 0 Å². The number of rotatable bonds is 5. The van der Waals surface area contributed by atoms with Gasteiger partial charge in [0.25, 0.3) is 0 Å². The number of para-hydroxylation sites is 1. The predicted octanol–water partition coefficient (Wildman–Crippen LogP) is 3.46. The number of aliphatic imine (C=N–C) groups is 1. The Morgan fingerprint density at radius 1 is 1.07 bits per heavy atom. The molecule has 2 saturated heterocycles. The number of likely N-dealkylation sites (tertiary alicyclic amines) is 2. The molecule has 3 rings (SSSR count). The van der Waals surface area contributed by atoms with E-state index < -0.39 is 0 Å². The zero-order valence-electron chi connectivity index (χ0n) is 16.8. The number of guanidine groups is 1. The lowest BCUT2D eigenvalue weighted by atomic mass is 9.97. The van der Waals surface area contributed by atoms with Gasteiger partial charge >= 0.3 is 0 Å². The molecule has 1 aromatic carbocycles. The summed E-state index contributed by atoms with van der Waals surface area (Å²) in [4.78, 5) is 9.79. The first-order valence-corrected chi connectivity index (χ1v) is 10.2. The van der Waals surface area contributed by atoms with Crippen molar-refractivity contribution in [2.75, 3.05) is 46.3 Å². The van der Waals surface area contributed by atoms with E-state index in [-0.39, 0.29) is 24.0 Å². The van der Waals surface area contributed by atoms with E-state index in [2.05, 4.69) is 29.1 Å². The highest BCUT2D eigenvalue weighted by molar-refractivity contribution is 14.0. The largest absolute Gasteiger partial charge is 0.490 e. The topological polar surface area (TPSA) is 40.1 Å². The molecule has 0 saturated carbocycles. The predicted molar refractivity (Wildman–Crippen MR) is 123 cm³/mol. The fraction of sp³-hybridized carbons (Fsp3) is 0.667. The van der Waals surface area contributed by atoms with Crippen molar-refractivity contribution >= 4 is 29.9 Å². The van der Waals surface area contributed by atoms with E-state index >= 15 is 0 Å². The highest BCUT2D eigenvalue weighted by Crippen LogP contribution is 2.19. The first-order chi connectivity index (χ1) is 12.7. The summed E-state index contributed by atoms with van der Waals surface area (Å²) < 4.78 is 6.12. The first-order valence-electron chi connectivity index (χ1n) is 10.2. The van der Waals surface area contributed by atoms with Gasteiger partial charge in [0.05, 0.1) is 0 Å². The minimum atomic E-state index is 0. The van der Waals surface area contributed by atoms with Gasteiger partial charge in [-0.2, -0.15) is 0 Å². The molecule has 0 aliphatic carbocycles. The van der Waals surface area contributed by atoms with Crippen LogP contribution in [0.5, 0.6) is 5.75 Å². The summed E-state index contributed by atoms with van der Waals surface area (Å²) in [5.41, 5.74) is 0. The normalized spacial score (nSPS) is 20.2. The SMILES string of the molecule is CCNC(=NCC1CCN(C)CC1)N1CCC(Oc2ccccc2)CC1.I. The van der Waals surface area contributed by atoms with Crippen molar-refractivity contribution in [3.05, 3.63) is 30.3 Å². The first kappa shape index (κ1) is 22.3. The Morgan fingerprint density at radius 3 is 2.37 bits per heavy atom. The molecule has 1 aromatic rings. The summed E-state index contributed by atoms with van der Waals surface area (Å²) in [6.45, 7) is 8.46. The van der Waals surface area contributed by atoms with Gasteiger partial charge in [-0.25, -0.2) is 0 Å². The van der Waals surface area contributed by atoms with E-state index in [1.54, 1.807) is 0 Å². The molecular formula is C21H35IN4O. The van der Waals surface area contributed by atoms with Crippen molar-refractivity contribution in [2.24, 2.45) is 10.9 Å². The third-order valence-corrected chi connectivity index (χ3v) is 5.46. The second-order valence-corrected chi connectivity index (χ2v) is 7.56. The van der Waals surface area contributed by atoms with Crippen LogP contribution in [0.3, 0.4) is 0 Å². The fourth-order valence-corrected chi connectivity index (χ4v) is 3.76. The van der Waals surface area contributed by atoms with Crippen LogP contribution >= 0.6 is 24.0 Å². The molecule has 2 aliphatic heterocycles. The number of ether oxygens (including phenoxy) is 1. The van der Waals surface area contributed by atoms with Gasteiger partial charge in [-0.05, 0) is 58.0 Å². The zero-order chi connectivity index (χ0) is 18.2. The van der Waals surface area contributed by atoms with Crippen molar-refractivity contribution in [3.8, 4) is 5.75 Å². The molecule has 0 spiro atoms. The lowest BCUT2D eigenvalue weighted by Gasteiger charge is -2.35. The molecule has 0 bridgehead atoms. The van der Waals surface area contributed by atoms with Crippen molar-refractivity contribution in [2.45, 2.75) is 38.7 Å². The van der Waals surface area contributed by atoms with Gasteiger partial charge in [-0.1, -0.05) is 18.2 Å². The minimum absolute atomic E-state index is 0. The maximum atomic E-state index is 6.12. The van der Waals surface area contributed by atoms with Crippen LogP contribution in [0.4, 0.5) is 0 Å². The van der Waals surface area contributed by atoms with Crippen LogP contribution in [0.1, 0.15) is 32.6 Å². The number of halogens is 1. The van der Waals surface area contributed by atoms with Crippen molar-refractivity contribution in [1.29, 1.82) is 0 Å². The molecule has 0 unspecified atom stereocenters. The third kappa shape index (κ3) is 7.14. The van der Waals surface area contributed by atoms with Gasteiger partial charge in [-0.3, -0.25) is 4.99 Å². The van der Waals surface area contributed by atoms with E-state index in [4.69, 9.17) is 9.73 Å². The van der Waals surface area contributed by atoms with Crippen molar-refractivity contribution < 1.29 is 4.74 Å².